The Bertz CT molecular complexity index is 1010. The smallest absolute Gasteiger partial charge is 0.257 e. The molecule has 0 aliphatic carbocycles. The number of pyridine rings is 1. The van der Waals surface area contributed by atoms with Gasteiger partial charge in [-0.2, -0.15) is 0 Å². The summed E-state index contributed by atoms with van der Waals surface area (Å²) >= 11 is 0. The SMILES string of the molecule is O=C(N[C@H]1C[C@@H](O)CN(Cc2nnc(-c3cccnc3)o2)C1)c1c(F)cccc1F. The highest BCUT2D eigenvalue weighted by Crippen LogP contribution is 2.19. The number of nitrogens with zero attached hydrogens (tertiary/aromatic N) is 4. The fourth-order valence-corrected chi connectivity index (χ4v) is 3.48. The lowest BCUT2D eigenvalue weighted by Crippen LogP contribution is -2.52. The summed E-state index contributed by atoms with van der Waals surface area (Å²) in [6.07, 6.45) is 2.78. The normalized spacial score (nSPS) is 19.6. The third-order valence-electron chi connectivity index (χ3n) is 4.76. The molecule has 1 aliphatic rings. The number of amides is 1. The summed E-state index contributed by atoms with van der Waals surface area (Å²) in [5.41, 5.74) is 0.0501. The van der Waals surface area contributed by atoms with Crippen LogP contribution in [0.2, 0.25) is 0 Å². The van der Waals surface area contributed by atoms with Crippen molar-refractivity contribution in [2.24, 2.45) is 0 Å². The molecule has 0 radical (unpaired) electrons. The molecule has 1 aromatic carbocycles. The molecule has 1 aliphatic heterocycles. The summed E-state index contributed by atoms with van der Waals surface area (Å²) in [7, 11) is 0. The van der Waals surface area contributed by atoms with Gasteiger partial charge in [0.15, 0.2) is 0 Å². The number of rotatable bonds is 5. The molecule has 2 N–H and O–H groups in total. The van der Waals surface area contributed by atoms with Crippen LogP contribution in [-0.2, 0) is 6.54 Å². The van der Waals surface area contributed by atoms with Gasteiger partial charge in [-0.15, -0.1) is 10.2 Å². The Labute approximate surface area is 170 Å². The Morgan fingerprint density at radius 2 is 2.00 bits per heavy atom. The molecular formula is C20H19F2N5O3. The van der Waals surface area contributed by atoms with Gasteiger partial charge in [0, 0.05) is 31.5 Å². The van der Waals surface area contributed by atoms with Crippen LogP contribution in [0.4, 0.5) is 8.78 Å². The number of benzene rings is 1. The maximum atomic E-state index is 13.8. The van der Waals surface area contributed by atoms with Crippen molar-refractivity contribution in [2.45, 2.75) is 25.1 Å². The average molecular weight is 415 g/mol. The van der Waals surface area contributed by atoms with Crippen LogP contribution in [0.5, 0.6) is 0 Å². The van der Waals surface area contributed by atoms with E-state index in [1.165, 1.54) is 6.07 Å². The van der Waals surface area contributed by atoms with E-state index >= 15 is 0 Å². The number of nitrogens with one attached hydrogen (secondary N) is 1. The number of likely N-dealkylation sites (tertiary alicyclic amines) is 1. The molecule has 1 fully saturated rings. The first-order valence-corrected chi connectivity index (χ1v) is 9.37. The van der Waals surface area contributed by atoms with E-state index in [0.29, 0.717) is 30.4 Å². The van der Waals surface area contributed by atoms with E-state index in [4.69, 9.17) is 4.42 Å². The minimum absolute atomic E-state index is 0.255. The van der Waals surface area contributed by atoms with Crippen LogP contribution in [-0.4, -0.2) is 56.3 Å². The lowest BCUT2D eigenvalue weighted by Gasteiger charge is -2.35. The molecule has 10 heteroatoms. The van der Waals surface area contributed by atoms with Crippen molar-refractivity contribution in [3.63, 3.8) is 0 Å². The van der Waals surface area contributed by atoms with Gasteiger partial charge in [0.05, 0.1) is 18.2 Å². The molecule has 8 nitrogen and oxygen atoms in total. The van der Waals surface area contributed by atoms with Crippen LogP contribution in [0.15, 0.2) is 47.1 Å². The lowest BCUT2D eigenvalue weighted by molar-refractivity contribution is 0.0423. The number of carbonyl (C=O) groups is 1. The zero-order valence-electron chi connectivity index (χ0n) is 15.8. The highest BCUT2D eigenvalue weighted by molar-refractivity contribution is 5.94. The standard InChI is InChI=1S/C20H19F2N5O3/c21-15-4-1-5-16(22)18(15)19(29)24-13-7-14(28)10-27(9-13)11-17-25-26-20(30-17)12-3-2-6-23-8-12/h1-6,8,13-14,28H,7,9-11H2,(H,24,29)/t13-,14+/m0/s1. The molecule has 3 aromatic rings. The summed E-state index contributed by atoms with van der Waals surface area (Å²) in [5, 5.41) is 20.8. The average Bonchev–Trinajstić information content (AvgIpc) is 3.16. The number of carbonyl (C=O) groups excluding carboxylic acids is 1. The molecule has 0 saturated carbocycles. The molecule has 1 saturated heterocycles. The number of halogens is 2. The third kappa shape index (κ3) is 4.50. The van der Waals surface area contributed by atoms with E-state index in [1.807, 2.05) is 4.90 Å². The van der Waals surface area contributed by atoms with E-state index in [-0.39, 0.29) is 13.0 Å². The second kappa shape index (κ2) is 8.64. The van der Waals surface area contributed by atoms with Crippen LogP contribution in [0.25, 0.3) is 11.5 Å². The minimum atomic E-state index is -0.936. The highest BCUT2D eigenvalue weighted by Gasteiger charge is 2.29. The quantitative estimate of drug-likeness (QED) is 0.655. The Balaban J connectivity index is 1.41. The largest absolute Gasteiger partial charge is 0.419 e. The molecular weight excluding hydrogens is 396 g/mol. The van der Waals surface area contributed by atoms with Crippen LogP contribution >= 0.6 is 0 Å². The van der Waals surface area contributed by atoms with Gasteiger partial charge in [-0.1, -0.05) is 6.07 Å². The highest BCUT2D eigenvalue weighted by atomic mass is 19.1. The summed E-state index contributed by atoms with van der Waals surface area (Å²) in [4.78, 5) is 18.2. The summed E-state index contributed by atoms with van der Waals surface area (Å²) in [6, 6.07) is 6.29. The van der Waals surface area contributed by atoms with Gasteiger partial charge >= 0.3 is 0 Å². The maximum absolute atomic E-state index is 13.8. The second-order valence-corrected chi connectivity index (χ2v) is 7.09. The predicted octanol–water partition coefficient (Wildman–Crippen LogP) is 1.77. The number of piperidine rings is 1. The van der Waals surface area contributed by atoms with Crippen molar-refractivity contribution >= 4 is 5.91 Å². The van der Waals surface area contributed by atoms with E-state index in [9.17, 15) is 18.7 Å². The van der Waals surface area contributed by atoms with E-state index in [2.05, 4.69) is 20.5 Å². The second-order valence-electron chi connectivity index (χ2n) is 7.09. The Hall–Kier alpha value is -3.24. The molecule has 0 spiro atoms. The molecule has 2 aromatic heterocycles. The van der Waals surface area contributed by atoms with Crippen molar-refractivity contribution < 1.29 is 23.1 Å². The number of hydrogen-bond acceptors (Lipinski definition) is 7. The molecule has 30 heavy (non-hydrogen) atoms. The molecule has 156 valence electrons. The number of aliphatic hydroxyl groups is 1. The maximum Gasteiger partial charge on any atom is 0.257 e. The number of aromatic nitrogens is 3. The number of hydrogen-bond donors (Lipinski definition) is 2. The fourth-order valence-electron chi connectivity index (χ4n) is 3.48. The zero-order valence-corrected chi connectivity index (χ0v) is 15.8. The fraction of sp³-hybridized carbons (Fsp3) is 0.300. The predicted molar refractivity (Wildman–Crippen MR) is 101 cm³/mol. The van der Waals surface area contributed by atoms with Crippen molar-refractivity contribution in [3.8, 4) is 11.5 Å². The van der Waals surface area contributed by atoms with Gasteiger partial charge in [-0.05, 0) is 30.7 Å². The van der Waals surface area contributed by atoms with Crippen molar-refractivity contribution in [1.29, 1.82) is 0 Å². The van der Waals surface area contributed by atoms with Crippen molar-refractivity contribution in [1.82, 2.24) is 25.4 Å². The Morgan fingerprint density at radius 3 is 2.73 bits per heavy atom. The summed E-state index contributed by atoms with van der Waals surface area (Å²) in [5.74, 6) is -2.06. The first-order valence-electron chi connectivity index (χ1n) is 9.37. The summed E-state index contributed by atoms with van der Waals surface area (Å²) < 4.78 is 33.3. The van der Waals surface area contributed by atoms with Crippen molar-refractivity contribution in [2.75, 3.05) is 13.1 Å². The van der Waals surface area contributed by atoms with E-state index in [0.717, 1.165) is 12.1 Å². The molecule has 4 rings (SSSR count). The lowest BCUT2D eigenvalue weighted by atomic mass is 10.0. The molecule has 2 atom stereocenters. The van der Waals surface area contributed by atoms with Gasteiger partial charge in [0.1, 0.15) is 17.2 Å². The molecule has 1 amide bonds. The zero-order chi connectivity index (χ0) is 21.1. The van der Waals surface area contributed by atoms with Crippen molar-refractivity contribution in [3.05, 3.63) is 65.8 Å². The topological polar surface area (TPSA) is 104 Å². The van der Waals surface area contributed by atoms with Crippen LogP contribution in [0.3, 0.4) is 0 Å². The van der Waals surface area contributed by atoms with E-state index < -0.39 is 35.3 Å². The number of β-amino-alcohol motifs (C(OH)–C–C–N with tert-alkyl or cyclic N) is 1. The summed E-state index contributed by atoms with van der Waals surface area (Å²) in [6.45, 7) is 0.944. The van der Waals surface area contributed by atoms with Crippen LogP contribution in [0, 0.1) is 11.6 Å². The Morgan fingerprint density at radius 1 is 1.20 bits per heavy atom. The molecule has 3 heterocycles. The molecule has 0 bridgehead atoms. The van der Waals surface area contributed by atoms with E-state index in [1.54, 1.807) is 24.5 Å². The van der Waals surface area contributed by atoms with Gasteiger partial charge < -0.3 is 14.8 Å². The first-order chi connectivity index (χ1) is 14.5. The van der Waals surface area contributed by atoms with Gasteiger partial charge in [0.2, 0.25) is 11.8 Å². The van der Waals surface area contributed by atoms with Crippen LogP contribution < -0.4 is 5.32 Å². The van der Waals surface area contributed by atoms with Gasteiger partial charge in [-0.25, -0.2) is 8.78 Å². The minimum Gasteiger partial charge on any atom is -0.419 e. The monoisotopic (exact) mass is 415 g/mol. The number of aliphatic hydroxyl groups excluding tert-OH is 1. The first kappa shape index (κ1) is 20.0. The van der Waals surface area contributed by atoms with Gasteiger partial charge in [0.25, 0.3) is 5.91 Å². The van der Waals surface area contributed by atoms with Crippen LogP contribution in [0.1, 0.15) is 22.7 Å². The molecule has 0 unspecified atom stereocenters. The Kier molecular flexibility index (Phi) is 5.77. The third-order valence-corrected chi connectivity index (χ3v) is 4.76. The van der Waals surface area contributed by atoms with Gasteiger partial charge in [-0.3, -0.25) is 14.7 Å².